The summed E-state index contributed by atoms with van der Waals surface area (Å²) < 4.78 is 17.0. The molecule has 0 bridgehead atoms. The number of para-hydroxylation sites is 4. The number of rotatable bonds is 7. The number of fused-ring (bicyclic) bond motifs is 2. The number of esters is 1. The Balaban J connectivity index is 1.47. The van der Waals surface area contributed by atoms with E-state index in [1.165, 1.54) is 7.11 Å². The van der Waals surface area contributed by atoms with Gasteiger partial charge in [0, 0.05) is 10.9 Å². The van der Waals surface area contributed by atoms with Crippen molar-refractivity contribution in [3.8, 4) is 17.2 Å². The molecule has 7 nitrogen and oxygen atoms in total. The molecule has 1 atom stereocenters. The largest absolute Gasteiger partial charge is 0.495 e. The summed E-state index contributed by atoms with van der Waals surface area (Å²) in [5.41, 5.74) is 2.88. The standard InChI is InChI=1S/C29H24N2O5/c1-3-23(27(32)30-21-14-4-6-16-24(21)34-2)36-29(33)20-13-9-11-18-10-8-12-19(26(18)20)28-31-22-15-5-7-17-25(22)35-28/h4-17,23H,3H2,1-2H3,(H,30,32). The first kappa shape index (κ1) is 23.1. The van der Waals surface area contributed by atoms with Crippen molar-refractivity contribution in [3.63, 3.8) is 0 Å². The first-order valence-corrected chi connectivity index (χ1v) is 11.6. The number of benzene rings is 4. The van der Waals surface area contributed by atoms with Crippen LogP contribution in [0.4, 0.5) is 5.69 Å². The summed E-state index contributed by atoms with van der Waals surface area (Å²) in [7, 11) is 1.53. The van der Waals surface area contributed by atoms with Crippen LogP contribution in [0.15, 0.2) is 89.3 Å². The topological polar surface area (TPSA) is 90.7 Å². The van der Waals surface area contributed by atoms with E-state index in [2.05, 4.69) is 10.3 Å². The Kier molecular flexibility index (Phi) is 6.36. The SMILES string of the molecule is CCC(OC(=O)c1cccc2cccc(-c3nc4ccccc4o3)c12)C(=O)Nc1ccccc1OC. The summed E-state index contributed by atoms with van der Waals surface area (Å²) >= 11 is 0. The van der Waals surface area contributed by atoms with Crippen molar-refractivity contribution >= 4 is 39.4 Å². The van der Waals surface area contributed by atoms with Crippen LogP contribution >= 0.6 is 0 Å². The number of nitrogens with one attached hydrogen (secondary N) is 1. The van der Waals surface area contributed by atoms with Crippen molar-refractivity contribution < 1.29 is 23.5 Å². The van der Waals surface area contributed by atoms with Gasteiger partial charge >= 0.3 is 5.97 Å². The molecule has 5 rings (SSSR count). The highest BCUT2D eigenvalue weighted by molar-refractivity contribution is 6.11. The molecular formula is C29H24N2O5. The average Bonchev–Trinajstić information content (AvgIpc) is 3.35. The predicted octanol–water partition coefficient (Wildman–Crippen LogP) is 6.23. The van der Waals surface area contributed by atoms with Crippen LogP contribution in [-0.4, -0.2) is 30.1 Å². The number of amides is 1. The number of nitrogens with zero attached hydrogens (tertiary/aromatic N) is 1. The predicted molar refractivity (Wildman–Crippen MR) is 138 cm³/mol. The molecule has 0 aliphatic carbocycles. The van der Waals surface area contributed by atoms with Crippen LogP contribution in [0.1, 0.15) is 23.7 Å². The van der Waals surface area contributed by atoms with Crippen LogP contribution < -0.4 is 10.1 Å². The maximum atomic E-state index is 13.4. The van der Waals surface area contributed by atoms with Crippen LogP contribution in [0.5, 0.6) is 5.75 Å². The molecule has 0 saturated heterocycles. The van der Waals surface area contributed by atoms with Gasteiger partial charge in [-0.3, -0.25) is 4.79 Å². The van der Waals surface area contributed by atoms with Gasteiger partial charge < -0.3 is 19.2 Å². The van der Waals surface area contributed by atoms with E-state index in [1.807, 2.05) is 48.5 Å². The zero-order valence-corrected chi connectivity index (χ0v) is 19.9. The Morgan fingerprint density at radius 2 is 1.69 bits per heavy atom. The van der Waals surface area contributed by atoms with Gasteiger partial charge in [0.1, 0.15) is 11.3 Å². The fourth-order valence-corrected chi connectivity index (χ4v) is 4.15. The molecule has 1 aromatic heterocycles. The molecule has 0 fully saturated rings. The van der Waals surface area contributed by atoms with E-state index in [4.69, 9.17) is 13.9 Å². The van der Waals surface area contributed by atoms with E-state index < -0.39 is 18.0 Å². The summed E-state index contributed by atoms with van der Waals surface area (Å²) in [5, 5.41) is 4.27. The lowest BCUT2D eigenvalue weighted by Gasteiger charge is -2.18. The molecule has 7 heteroatoms. The van der Waals surface area contributed by atoms with Gasteiger partial charge in [0.15, 0.2) is 11.7 Å². The molecule has 0 spiro atoms. The second kappa shape index (κ2) is 9.92. The molecule has 0 aliphatic heterocycles. The molecular weight excluding hydrogens is 456 g/mol. The number of oxazole rings is 1. The van der Waals surface area contributed by atoms with Gasteiger partial charge in [0.05, 0.1) is 18.4 Å². The number of carbonyl (C=O) groups is 2. The van der Waals surface area contributed by atoms with Gasteiger partial charge in [-0.2, -0.15) is 0 Å². The van der Waals surface area contributed by atoms with Crippen LogP contribution in [0.3, 0.4) is 0 Å². The summed E-state index contributed by atoms with van der Waals surface area (Å²) in [6.45, 7) is 1.78. The third-order valence-corrected chi connectivity index (χ3v) is 5.93. The monoisotopic (exact) mass is 480 g/mol. The summed E-state index contributed by atoms with van der Waals surface area (Å²) in [6.07, 6.45) is -0.690. The number of hydrogen-bond acceptors (Lipinski definition) is 6. The van der Waals surface area contributed by atoms with Crippen molar-refractivity contribution in [1.82, 2.24) is 4.98 Å². The maximum Gasteiger partial charge on any atom is 0.339 e. The second-order valence-corrected chi connectivity index (χ2v) is 8.19. The highest BCUT2D eigenvalue weighted by Crippen LogP contribution is 2.33. The summed E-state index contributed by atoms with van der Waals surface area (Å²) in [6, 6.07) is 25.6. The Labute approximate surface area is 207 Å². The first-order chi connectivity index (χ1) is 17.6. The molecule has 5 aromatic rings. The van der Waals surface area contributed by atoms with E-state index in [1.54, 1.807) is 43.3 Å². The lowest BCUT2D eigenvalue weighted by Crippen LogP contribution is -2.32. The van der Waals surface area contributed by atoms with Gasteiger partial charge in [-0.25, -0.2) is 9.78 Å². The second-order valence-electron chi connectivity index (χ2n) is 8.19. The minimum Gasteiger partial charge on any atom is -0.495 e. The van der Waals surface area contributed by atoms with E-state index in [9.17, 15) is 9.59 Å². The van der Waals surface area contributed by atoms with Crippen molar-refractivity contribution in [2.75, 3.05) is 12.4 Å². The van der Waals surface area contributed by atoms with Gasteiger partial charge in [-0.1, -0.05) is 55.5 Å². The zero-order valence-electron chi connectivity index (χ0n) is 19.9. The maximum absolute atomic E-state index is 13.4. The zero-order chi connectivity index (χ0) is 25.1. The third-order valence-electron chi connectivity index (χ3n) is 5.93. The van der Waals surface area contributed by atoms with Gasteiger partial charge in [0.25, 0.3) is 5.91 Å². The minimum atomic E-state index is -0.992. The molecule has 1 heterocycles. The van der Waals surface area contributed by atoms with Crippen LogP contribution in [0, 0.1) is 0 Å². The average molecular weight is 481 g/mol. The van der Waals surface area contributed by atoms with Crippen molar-refractivity contribution in [1.29, 1.82) is 0 Å². The summed E-state index contributed by atoms with van der Waals surface area (Å²) in [5.74, 6) is -0.118. The fraction of sp³-hybridized carbons (Fsp3) is 0.138. The van der Waals surface area contributed by atoms with Crippen LogP contribution in [0.25, 0.3) is 33.3 Å². The molecule has 4 aromatic carbocycles. The van der Waals surface area contributed by atoms with Gasteiger partial charge in [0.2, 0.25) is 5.89 Å². The highest BCUT2D eigenvalue weighted by atomic mass is 16.5. The first-order valence-electron chi connectivity index (χ1n) is 11.6. The van der Waals surface area contributed by atoms with E-state index in [-0.39, 0.29) is 0 Å². The van der Waals surface area contributed by atoms with Crippen molar-refractivity contribution in [2.45, 2.75) is 19.4 Å². The highest BCUT2D eigenvalue weighted by Gasteiger charge is 2.25. The van der Waals surface area contributed by atoms with Crippen molar-refractivity contribution in [3.05, 3.63) is 90.5 Å². The van der Waals surface area contributed by atoms with Crippen LogP contribution in [0.2, 0.25) is 0 Å². The number of methoxy groups -OCH3 is 1. The summed E-state index contributed by atoms with van der Waals surface area (Å²) in [4.78, 5) is 31.0. The molecule has 0 saturated carbocycles. The number of anilines is 1. The molecule has 36 heavy (non-hydrogen) atoms. The Bertz CT molecular complexity index is 1530. The smallest absolute Gasteiger partial charge is 0.339 e. The Morgan fingerprint density at radius 1 is 0.944 bits per heavy atom. The molecule has 0 aliphatic rings. The number of hydrogen-bond donors (Lipinski definition) is 1. The number of aromatic nitrogens is 1. The Morgan fingerprint density at radius 3 is 2.47 bits per heavy atom. The molecule has 1 amide bonds. The van der Waals surface area contributed by atoms with Crippen molar-refractivity contribution in [2.24, 2.45) is 0 Å². The van der Waals surface area contributed by atoms with Gasteiger partial charge in [-0.15, -0.1) is 0 Å². The van der Waals surface area contributed by atoms with Crippen LogP contribution in [-0.2, 0) is 9.53 Å². The minimum absolute atomic E-state index is 0.301. The Hall–Kier alpha value is -4.65. The van der Waals surface area contributed by atoms with E-state index in [0.29, 0.717) is 45.8 Å². The van der Waals surface area contributed by atoms with E-state index in [0.717, 1.165) is 10.9 Å². The third kappa shape index (κ3) is 4.38. The molecule has 1 unspecified atom stereocenters. The van der Waals surface area contributed by atoms with Gasteiger partial charge in [-0.05, 0) is 48.2 Å². The normalized spacial score (nSPS) is 11.8. The number of carbonyl (C=O) groups excluding carboxylic acids is 2. The fourth-order valence-electron chi connectivity index (χ4n) is 4.15. The molecule has 0 radical (unpaired) electrons. The van der Waals surface area contributed by atoms with E-state index >= 15 is 0 Å². The lowest BCUT2D eigenvalue weighted by atomic mass is 9.99. The molecule has 180 valence electrons. The number of ether oxygens (including phenoxy) is 2. The molecule has 1 N–H and O–H groups in total. The lowest BCUT2D eigenvalue weighted by molar-refractivity contribution is -0.124. The quantitative estimate of drug-likeness (QED) is 0.278.